The molecule has 0 aliphatic carbocycles. The topological polar surface area (TPSA) is 102 Å². The molecule has 0 amide bonds. The fraction of sp³-hybridized carbons (Fsp3) is 0.353. The van der Waals surface area contributed by atoms with Crippen LogP contribution in [0.4, 0.5) is 0 Å². The molecule has 3 rings (SSSR count). The molecular formula is C17H20N4O4S. The van der Waals surface area contributed by atoms with Gasteiger partial charge >= 0.3 is 5.69 Å². The van der Waals surface area contributed by atoms with Crippen molar-refractivity contribution in [1.29, 1.82) is 0 Å². The summed E-state index contributed by atoms with van der Waals surface area (Å²) in [5.41, 5.74) is 0.638. The average Bonchev–Trinajstić information content (AvgIpc) is 2.99. The molecular weight excluding hydrogens is 356 g/mol. The second-order valence-corrected chi connectivity index (χ2v) is 6.98. The number of aryl methyl sites for hydroxylation is 2. The number of rotatable bonds is 6. The number of imidazole rings is 1. The van der Waals surface area contributed by atoms with E-state index < -0.39 is 17.4 Å². The van der Waals surface area contributed by atoms with Gasteiger partial charge in [0.25, 0.3) is 5.56 Å². The van der Waals surface area contributed by atoms with Crippen LogP contribution in [0.2, 0.25) is 0 Å². The van der Waals surface area contributed by atoms with Crippen LogP contribution in [0.15, 0.2) is 45.1 Å². The fourth-order valence-electron chi connectivity index (χ4n) is 2.68. The Morgan fingerprint density at radius 3 is 2.50 bits per heavy atom. The van der Waals surface area contributed by atoms with Crippen LogP contribution in [0.1, 0.15) is 5.56 Å². The number of nitrogens with zero attached hydrogens (tertiary/aromatic N) is 4. The second kappa shape index (κ2) is 7.48. The van der Waals surface area contributed by atoms with Crippen LogP contribution >= 0.6 is 11.8 Å². The van der Waals surface area contributed by atoms with Gasteiger partial charge in [-0.2, -0.15) is 0 Å². The molecule has 2 aromatic heterocycles. The summed E-state index contributed by atoms with van der Waals surface area (Å²) in [6.45, 7) is -0.168. The maximum atomic E-state index is 12.9. The van der Waals surface area contributed by atoms with Gasteiger partial charge in [0.15, 0.2) is 16.3 Å². The van der Waals surface area contributed by atoms with Gasteiger partial charge in [0.2, 0.25) is 0 Å². The normalized spacial score (nSPS) is 12.6. The van der Waals surface area contributed by atoms with E-state index in [2.05, 4.69) is 4.98 Å². The highest BCUT2D eigenvalue weighted by Gasteiger charge is 2.19. The summed E-state index contributed by atoms with van der Waals surface area (Å²) >= 11 is 1.22. The van der Waals surface area contributed by atoms with Crippen molar-refractivity contribution in [3.63, 3.8) is 0 Å². The van der Waals surface area contributed by atoms with Gasteiger partial charge in [-0.1, -0.05) is 42.1 Å². The monoisotopic (exact) mass is 376 g/mol. The Hall–Kier alpha value is -2.36. The Bertz CT molecular complexity index is 1040. The lowest BCUT2D eigenvalue weighted by Gasteiger charge is -2.09. The first kappa shape index (κ1) is 18.4. The summed E-state index contributed by atoms with van der Waals surface area (Å²) < 4.78 is 4.16. The first-order chi connectivity index (χ1) is 12.4. The fourth-order valence-corrected chi connectivity index (χ4v) is 3.56. The van der Waals surface area contributed by atoms with Gasteiger partial charge in [0.05, 0.1) is 19.3 Å². The zero-order valence-corrected chi connectivity index (χ0v) is 15.3. The Labute approximate surface area is 153 Å². The lowest BCUT2D eigenvalue weighted by atomic mass is 10.2. The average molecular weight is 376 g/mol. The highest BCUT2D eigenvalue weighted by molar-refractivity contribution is 7.99. The molecule has 2 N–H and O–H groups in total. The molecule has 0 saturated carbocycles. The maximum Gasteiger partial charge on any atom is 0.332 e. The number of fused-ring (bicyclic) bond motifs is 1. The standard InChI is InChI=1S/C17H20N4O4S/c1-19-13-14(18-16(19)26-10-12(23)9-22)20(2)17(25)21(15(13)24)8-11-6-4-3-5-7-11/h3-7,12,22-23H,8-10H2,1-2H3. The molecule has 2 heterocycles. The number of aliphatic hydroxyl groups excluding tert-OH is 2. The molecule has 138 valence electrons. The highest BCUT2D eigenvalue weighted by Crippen LogP contribution is 2.20. The number of aromatic nitrogens is 4. The third-order valence-corrected chi connectivity index (χ3v) is 5.29. The van der Waals surface area contributed by atoms with Crippen molar-refractivity contribution in [3.05, 3.63) is 56.7 Å². The summed E-state index contributed by atoms with van der Waals surface area (Å²) in [5, 5.41) is 18.9. The van der Waals surface area contributed by atoms with Crippen LogP contribution in [0, 0.1) is 0 Å². The first-order valence-electron chi connectivity index (χ1n) is 8.06. The van der Waals surface area contributed by atoms with E-state index in [1.165, 1.54) is 20.9 Å². The van der Waals surface area contributed by atoms with E-state index >= 15 is 0 Å². The summed E-state index contributed by atoms with van der Waals surface area (Å²) in [5.74, 6) is 0.236. The van der Waals surface area contributed by atoms with Crippen molar-refractivity contribution >= 4 is 22.9 Å². The highest BCUT2D eigenvalue weighted by atomic mass is 32.2. The first-order valence-corrected chi connectivity index (χ1v) is 9.04. The molecule has 0 aliphatic heterocycles. The van der Waals surface area contributed by atoms with Gasteiger partial charge < -0.3 is 14.8 Å². The smallest absolute Gasteiger partial charge is 0.332 e. The summed E-state index contributed by atoms with van der Waals surface area (Å²) in [6.07, 6.45) is -0.877. The number of hydrogen-bond donors (Lipinski definition) is 2. The van der Waals surface area contributed by atoms with E-state index in [1.807, 2.05) is 30.3 Å². The van der Waals surface area contributed by atoms with Crippen LogP contribution in [-0.2, 0) is 20.6 Å². The Kier molecular flexibility index (Phi) is 5.30. The van der Waals surface area contributed by atoms with Crippen LogP contribution in [0.25, 0.3) is 11.2 Å². The predicted molar refractivity (Wildman–Crippen MR) is 99.6 cm³/mol. The van der Waals surface area contributed by atoms with E-state index in [1.54, 1.807) is 18.7 Å². The number of thioether (sulfide) groups is 1. The zero-order chi connectivity index (χ0) is 18.8. The minimum atomic E-state index is -0.877. The zero-order valence-electron chi connectivity index (χ0n) is 14.5. The lowest BCUT2D eigenvalue weighted by molar-refractivity contribution is 0.113. The summed E-state index contributed by atoms with van der Waals surface area (Å²) in [4.78, 5) is 29.9. The molecule has 0 aliphatic rings. The minimum Gasteiger partial charge on any atom is -0.394 e. The summed E-state index contributed by atoms with van der Waals surface area (Å²) in [6, 6.07) is 9.30. The number of aliphatic hydroxyl groups is 2. The van der Waals surface area contributed by atoms with Crippen molar-refractivity contribution < 1.29 is 10.2 Å². The maximum absolute atomic E-state index is 12.9. The van der Waals surface area contributed by atoms with E-state index in [0.29, 0.717) is 16.3 Å². The van der Waals surface area contributed by atoms with Crippen molar-refractivity contribution in [2.24, 2.45) is 14.1 Å². The Balaban J connectivity index is 2.10. The molecule has 26 heavy (non-hydrogen) atoms. The molecule has 0 saturated heterocycles. The molecule has 0 radical (unpaired) electrons. The molecule has 0 spiro atoms. The van der Waals surface area contributed by atoms with Crippen LogP contribution in [-0.4, -0.2) is 47.4 Å². The predicted octanol–water partition coefficient (Wildman–Crippen LogP) is -0.0727. The van der Waals surface area contributed by atoms with Crippen molar-refractivity contribution in [2.45, 2.75) is 17.8 Å². The van der Waals surface area contributed by atoms with Gasteiger partial charge in [-0.25, -0.2) is 9.78 Å². The Morgan fingerprint density at radius 1 is 1.15 bits per heavy atom. The van der Waals surface area contributed by atoms with Gasteiger partial charge in [-0.05, 0) is 5.56 Å². The van der Waals surface area contributed by atoms with Gasteiger partial charge in [-0.15, -0.1) is 0 Å². The Morgan fingerprint density at radius 2 is 1.85 bits per heavy atom. The van der Waals surface area contributed by atoms with E-state index in [4.69, 9.17) is 5.11 Å². The van der Waals surface area contributed by atoms with Crippen LogP contribution in [0.3, 0.4) is 0 Å². The molecule has 0 bridgehead atoms. The summed E-state index contributed by atoms with van der Waals surface area (Å²) in [7, 11) is 3.28. The molecule has 1 aromatic carbocycles. The van der Waals surface area contributed by atoms with E-state index in [9.17, 15) is 14.7 Å². The van der Waals surface area contributed by atoms with Crippen molar-refractivity contribution in [3.8, 4) is 0 Å². The van der Waals surface area contributed by atoms with Crippen molar-refractivity contribution in [1.82, 2.24) is 18.7 Å². The van der Waals surface area contributed by atoms with Gasteiger partial charge in [-0.3, -0.25) is 13.9 Å². The van der Waals surface area contributed by atoms with Gasteiger partial charge in [0, 0.05) is 19.8 Å². The number of hydrogen-bond acceptors (Lipinski definition) is 6. The van der Waals surface area contributed by atoms with E-state index in [-0.39, 0.29) is 18.9 Å². The van der Waals surface area contributed by atoms with Crippen LogP contribution < -0.4 is 11.2 Å². The molecule has 3 aromatic rings. The lowest BCUT2D eigenvalue weighted by Crippen LogP contribution is -2.39. The SMILES string of the molecule is Cn1c(SCC(O)CO)nc2c1c(=O)n(Cc1ccccc1)c(=O)n2C. The minimum absolute atomic E-state index is 0.180. The van der Waals surface area contributed by atoms with Crippen molar-refractivity contribution in [2.75, 3.05) is 12.4 Å². The third-order valence-electron chi connectivity index (χ3n) is 4.12. The second-order valence-electron chi connectivity index (χ2n) is 5.99. The number of benzene rings is 1. The third kappa shape index (κ3) is 3.33. The molecule has 8 nitrogen and oxygen atoms in total. The van der Waals surface area contributed by atoms with Crippen LogP contribution in [0.5, 0.6) is 0 Å². The molecule has 9 heteroatoms. The van der Waals surface area contributed by atoms with Gasteiger partial charge in [0.1, 0.15) is 0 Å². The largest absolute Gasteiger partial charge is 0.394 e. The van der Waals surface area contributed by atoms with E-state index in [0.717, 1.165) is 5.56 Å². The molecule has 1 unspecified atom stereocenters. The molecule has 1 atom stereocenters. The molecule has 0 fully saturated rings. The quantitative estimate of drug-likeness (QED) is 0.584.